The van der Waals surface area contributed by atoms with Gasteiger partial charge in [0.25, 0.3) is 0 Å². The molecular formula is C11H19NOS. The van der Waals surface area contributed by atoms with Gasteiger partial charge in [0, 0.05) is 23.6 Å². The standard InChI is InChI=1S/C11H19NOS/c1-4-13-8-9(2)12-10(3)11-6-5-7-14-11/h5-7,9-10,12H,4,8H2,1-3H3/t9?,10-/m1/s1. The molecule has 0 aromatic carbocycles. The molecule has 0 aliphatic heterocycles. The fraction of sp³-hybridized carbons (Fsp3) is 0.636. The van der Waals surface area contributed by atoms with Crippen LogP contribution in [-0.2, 0) is 4.74 Å². The first-order valence-electron chi connectivity index (χ1n) is 5.11. The number of rotatable bonds is 6. The quantitative estimate of drug-likeness (QED) is 0.784. The second-order valence-electron chi connectivity index (χ2n) is 3.46. The van der Waals surface area contributed by atoms with Gasteiger partial charge in [-0.15, -0.1) is 11.3 Å². The van der Waals surface area contributed by atoms with E-state index < -0.39 is 0 Å². The molecule has 2 atom stereocenters. The number of thiophene rings is 1. The number of ether oxygens (including phenoxy) is 1. The summed E-state index contributed by atoms with van der Waals surface area (Å²) in [6.07, 6.45) is 0. The van der Waals surface area contributed by atoms with Crippen LogP contribution in [0.3, 0.4) is 0 Å². The first-order valence-corrected chi connectivity index (χ1v) is 5.99. The summed E-state index contributed by atoms with van der Waals surface area (Å²) in [6.45, 7) is 7.94. The number of hydrogen-bond acceptors (Lipinski definition) is 3. The lowest BCUT2D eigenvalue weighted by Crippen LogP contribution is -2.32. The minimum absolute atomic E-state index is 0.409. The topological polar surface area (TPSA) is 21.3 Å². The Labute approximate surface area is 90.3 Å². The molecule has 1 aromatic heterocycles. The summed E-state index contributed by atoms with van der Waals surface area (Å²) >= 11 is 1.79. The fourth-order valence-electron chi connectivity index (χ4n) is 1.39. The molecule has 1 unspecified atom stereocenters. The van der Waals surface area contributed by atoms with Crippen LogP contribution in [0.5, 0.6) is 0 Å². The molecule has 14 heavy (non-hydrogen) atoms. The SMILES string of the molecule is CCOCC(C)N[C@H](C)c1cccs1. The van der Waals surface area contributed by atoms with E-state index in [4.69, 9.17) is 4.74 Å². The molecule has 0 bridgehead atoms. The van der Waals surface area contributed by atoms with Crippen molar-refractivity contribution in [3.05, 3.63) is 22.4 Å². The van der Waals surface area contributed by atoms with Gasteiger partial charge in [-0.2, -0.15) is 0 Å². The summed E-state index contributed by atoms with van der Waals surface area (Å²) in [5.41, 5.74) is 0. The van der Waals surface area contributed by atoms with E-state index in [9.17, 15) is 0 Å². The van der Waals surface area contributed by atoms with Crippen molar-refractivity contribution in [3.63, 3.8) is 0 Å². The minimum Gasteiger partial charge on any atom is -0.380 e. The van der Waals surface area contributed by atoms with E-state index in [2.05, 4.69) is 36.7 Å². The fourth-order valence-corrected chi connectivity index (χ4v) is 2.13. The third-order valence-electron chi connectivity index (χ3n) is 2.08. The summed E-state index contributed by atoms with van der Waals surface area (Å²) in [6, 6.07) is 5.08. The predicted octanol–water partition coefficient (Wildman–Crippen LogP) is 2.82. The average Bonchev–Trinajstić information content (AvgIpc) is 2.67. The molecule has 3 heteroatoms. The first kappa shape index (κ1) is 11.7. The van der Waals surface area contributed by atoms with E-state index in [1.807, 2.05) is 6.92 Å². The number of nitrogens with one attached hydrogen (secondary N) is 1. The van der Waals surface area contributed by atoms with Crippen molar-refractivity contribution in [1.82, 2.24) is 5.32 Å². The molecule has 80 valence electrons. The van der Waals surface area contributed by atoms with E-state index in [-0.39, 0.29) is 0 Å². The normalized spacial score (nSPS) is 15.4. The van der Waals surface area contributed by atoms with Crippen LogP contribution in [0.15, 0.2) is 17.5 Å². The highest BCUT2D eigenvalue weighted by molar-refractivity contribution is 7.10. The van der Waals surface area contributed by atoms with Gasteiger partial charge in [0.05, 0.1) is 6.61 Å². The molecule has 0 aliphatic carbocycles. The molecule has 0 aliphatic rings. The van der Waals surface area contributed by atoms with Gasteiger partial charge in [-0.25, -0.2) is 0 Å². The lowest BCUT2D eigenvalue weighted by atomic mass is 10.2. The molecule has 0 spiro atoms. The van der Waals surface area contributed by atoms with Crippen LogP contribution in [0, 0.1) is 0 Å². The molecule has 2 nitrogen and oxygen atoms in total. The zero-order chi connectivity index (χ0) is 10.4. The minimum atomic E-state index is 0.409. The van der Waals surface area contributed by atoms with Crippen LogP contribution in [0.25, 0.3) is 0 Å². The van der Waals surface area contributed by atoms with Gasteiger partial charge in [-0.3, -0.25) is 0 Å². The van der Waals surface area contributed by atoms with Crippen molar-refractivity contribution < 1.29 is 4.74 Å². The van der Waals surface area contributed by atoms with E-state index in [1.54, 1.807) is 11.3 Å². The smallest absolute Gasteiger partial charge is 0.0616 e. The third-order valence-corrected chi connectivity index (χ3v) is 3.13. The highest BCUT2D eigenvalue weighted by Gasteiger charge is 2.09. The summed E-state index contributed by atoms with van der Waals surface area (Å²) in [5, 5.41) is 5.61. The molecule has 0 saturated carbocycles. The zero-order valence-corrected chi connectivity index (χ0v) is 9.93. The average molecular weight is 213 g/mol. The van der Waals surface area contributed by atoms with E-state index in [0.717, 1.165) is 13.2 Å². The maximum Gasteiger partial charge on any atom is 0.0616 e. The van der Waals surface area contributed by atoms with Gasteiger partial charge in [-0.05, 0) is 32.2 Å². The summed E-state index contributed by atoms with van der Waals surface area (Å²) in [4.78, 5) is 1.38. The van der Waals surface area contributed by atoms with E-state index >= 15 is 0 Å². The molecule has 1 N–H and O–H groups in total. The Kier molecular flexibility index (Phi) is 5.15. The van der Waals surface area contributed by atoms with Gasteiger partial charge in [0.15, 0.2) is 0 Å². The van der Waals surface area contributed by atoms with Crippen LogP contribution in [0.4, 0.5) is 0 Å². The Morgan fingerprint density at radius 3 is 2.86 bits per heavy atom. The number of hydrogen-bond donors (Lipinski definition) is 1. The van der Waals surface area contributed by atoms with Gasteiger partial charge < -0.3 is 10.1 Å². The van der Waals surface area contributed by atoms with E-state index in [1.165, 1.54) is 4.88 Å². The van der Waals surface area contributed by atoms with Crippen molar-refractivity contribution >= 4 is 11.3 Å². The van der Waals surface area contributed by atoms with Crippen LogP contribution < -0.4 is 5.32 Å². The van der Waals surface area contributed by atoms with Crippen LogP contribution in [0.1, 0.15) is 31.7 Å². The second-order valence-corrected chi connectivity index (χ2v) is 4.44. The van der Waals surface area contributed by atoms with Crippen LogP contribution in [0.2, 0.25) is 0 Å². The molecular weight excluding hydrogens is 194 g/mol. The first-order chi connectivity index (χ1) is 6.74. The van der Waals surface area contributed by atoms with Gasteiger partial charge in [-0.1, -0.05) is 6.07 Å². The highest BCUT2D eigenvalue weighted by Crippen LogP contribution is 2.18. The lowest BCUT2D eigenvalue weighted by Gasteiger charge is -2.18. The van der Waals surface area contributed by atoms with Crippen LogP contribution >= 0.6 is 11.3 Å². The Hall–Kier alpha value is -0.380. The van der Waals surface area contributed by atoms with Gasteiger partial charge >= 0.3 is 0 Å². The molecule has 0 saturated heterocycles. The van der Waals surface area contributed by atoms with Crippen molar-refractivity contribution in [3.8, 4) is 0 Å². The summed E-state index contributed by atoms with van der Waals surface area (Å²) in [5.74, 6) is 0. The largest absolute Gasteiger partial charge is 0.380 e. The molecule has 0 radical (unpaired) electrons. The molecule has 1 aromatic rings. The van der Waals surface area contributed by atoms with Crippen molar-refractivity contribution in [2.45, 2.75) is 32.9 Å². The Bertz CT molecular complexity index is 235. The van der Waals surface area contributed by atoms with Crippen molar-refractivity contribution in [2.24, 2.45) is 0 Å². The van der Waals surface area contributed by atoms with Gasteiger partial charge in [0.2, 0.25) is 0 Å². The molecule has 1 rings (SSSR count). The summed E-state index contributed by atoms with van der Waals surface area (Å²) in [7, 11) is 0. The highest BCUT2D eigenvalue weighted by atomic mass is 32.1. The Morgan fingerprint density at radius 2 is 2.29 bits per heavy atom. The van der Waals surface area contributed by atoms with Gasteiger partial charge in [0.1, 0.15) is 0 Å². The third kappa shape index (κ3) is 3.78. The van der Waals surface area contributed by atoms with Crippen LogP contribution in [-0.4, -0.2) is 19.3 Å². The van der Waals surface area contributed by atoms with E-state index in [0.29, 0.717) is 12.1 Å². The Morgan fingerprint density at radius 1 is 1.50 bits per heavy atom. The second kappa shape index (κ2) is 6.17. The monoisotopic (exact) mass is 213 g/mol. The van der Waals surface area contributed by atoms with Crippen molar-refractivity contribution in [1.29, 1.82) is 0 Å². The molecule has 0 amide bonds. The zero-order valence-electron chi connectivity index (χ0n) is 9.12. The maximum absolute atomic E-state index is 5.35. The summed E-state index contributed by atoms with van der Waals surface area (Å²) < 4.78 is 5.35. The van der Waals surface area contributed by atoms with Crippen molar-refractivity contribution in [2.75, 3.05) is 13.2 Å². The lowest BCUT2D eigenvalue weighted by molar-refractivity contribution is 0.124. The Balaban J connectivity index is 2.29. The molecule has 0 fully saturated rings. The predicted molar refractivity (Wildman–Crippen MR) is 61.8 cm³/mol. The molecule has 1 heterocycles. The maximum atomic E-state index is 5.35.